The summed E-state index contributed by atoms with van der Waals surface area (Å²) in [7, 11) is 1.99. The summed E-state index contributed by atoms with van der Waals surface area (Å²) in [5, 5.41) is 8.04. The normalized spacial score (nSPS) is 30.4. The van der Waals surface area contributed by atoms with Crippen LogP contribution in [0.4, 0.5) is 5.69 Å². The molecule has 2 aliphatic rings. The molecule has 0 spiro atoms. The molecule has 0 bridgehead atoms. The third-order valence-corrected chi connectivity index (χ3v) is 4.19. The number of rotatable bonds is 2. The first kappa shape index (κ1) is 11.1. The Labute approximate surface area is 103 Å². The van der Waals surface area contributed by atoms with Crippen molar-refractivity contribution in [2.75, 3.05) is 24.5 Å². The van der Waals surface area contributed by atoms with E-state index < -0.39 is 0 Å². The maximum atomic E-state index is 4.29. The molecule has 94 valence electrons. The molecule has 0 amide bonds. The molecule has 0 aromatic carbocycles. The monoisotopic (exact) mass is 234 g/mol. The van der Waals surface area contributed by atoms with E-state index in [0.29, 0.717) is 5.54 Å². The van der Waals surface area contributed by atoms with Crippen LogP contribution in [0.5, 0.6) is 0 Å². The maximum Gasteiger partial charge on any atom is 0.0753 e. The smallest absolute Gasteiger partial charge is 0.0753 e. The van der Waals surface area contributed by atoms with Crippen molar-refractivity contribution in [2.45, 2.75) is 31.7 Å². The fraction of sp³-hybridized carbons (Fsp3) is 0.769. The van der Waals surface area contributed by atoms with Crippen molar-refractivity contribution in [3.63, 3.8) is 0 Å². The molecule has 1 aromatic rings. The highest BCUT2D eigenvalue weighted by molar-refractivity contribution is 5.43. The topological polar surface area (TPSA) is 33.1 Å². The summed E-state index contributed by atoms with van der Waals surface area (Å²) >= 11 is 0. The lowest BCUT2D eigenvalue weighted by molar-refractivity contribution is 0.331. The zero-order valence-corrected chi connectivity index (χ0v) is 10.8. The highest BCUT2D eigenvalue weighted by Crippen LogP contribution is 2.41. The van der Waals surface area contributed by atoms with E-state index in [9.17, 15) is 0 Å². The molecule has 1 unspecified atom stereocenters. The Balaban J connectivity index is 1.79. The van der Waals surface area contributed by atoms with Crippen molar-refractivity contribution in [3.8, 4) is 0 Å². The third-order valence-electron chi connectivity index (χ3n) is 4.19. The minimum Gasteiger partial charge on any atom is -0.367 e. The predicted molar refractivity (Wildman–Crippen MR) is 69.2 cm³/mol. The summed E-state index contributed by atoms with van der Waals surface area (Å²) in [5.74, 6) is 0.875. The molecule has 0 radical (unpaired) electrons. The Morgan fingerprint density at radius 1 is 1.47 bits per heavy atom. The molecule has 4 nitrogen and oxygen atoms in total. The van der Waals surface area contributed by atoms with Crippen molar-refractivity contribution >= 4 is 5.69 Å². The summed E-state index contributed by atoms with van der Waals surface area (Å²) in [6.45, 7) is 5.79. The van der Waals surface area contributed by atoms with Gasteiger partial charge in [0.1, 0.15) is 0 Å². The molecule has 1 aliphatic carbocycles. The van der Waals surface area contributed by atoms with Crippen molar-refractivity contribution in [3.05, 3.63) is 12.4 Å². The van der Waals surface area contributed by atoms with Crippen LogP contribution in [0.3, 0.4) is 0 Å². The van der Waals surface area contributed by atoms with Crippen LogP contribution in [0.25, 0.3) is 0 Å². The first-order chi connectivity index (χ1) is 8.17. The van der Waals surface area contributed by atoms with Gasteiger partial charge < -0.3 is 10.2 Å². The summed E-state index contributed by atoms with van der Waals surface area (Å²) in [6.07, 6.45) is 8.11. The van der Waals surface area contributed by atoms with Crippen LogP contribution in [-0.4, -0.2) is 35.0 Å². The largest absolute Gasteiger partial charge is 0.367 e. The molecule has 1 saturated heterocycles. The van der Waals surface area contributed by atoms with Crippen LogP contribution >= 0.6 is 0 Å². The van der Waals surface area contributed by atoms with E-state index >= 15 is 0 Å². The van der Waals surface area contributed by atoms with E-state index in [1.54, 1.807) is 0 Å². The first-order valence-electron chi connectivity index (χ1n) is 6.66. The average Bonchev–Trinajstić information content (AvgIpc) is 3.08. The lowest BCUT2D eigenvalue weighted by Crippen LogP contribution is -2.51. The first-order valence-corrected chi connectivity index (χ1v) is 6.66. The van der Waals surface area contributed by atoms with Crippen LogP contribution in [0, 0.1) is 5.92 Å². The highest BCUT2D eigenvalue weighted by atomic mass is 15.3. The van der Waals surface area contributed by atoms with Gasteiger partial charge in [-0.05, 0) is 38.6 Å². The van der Waals surface area contributed by atoms with Gasteiger partial charge in [0.15, 0.2) is 0 Å². The molecule has 4 heteroatoms. The molecule has 3 rings (SSSR count). The van der Waals surface area contributed by atoms with E-state index in [0.717, 1.165) is 25.6 Å². The van der Waals surface area contributed by atoms with Crippen molar-refractivity contribution in [1.29, 1.82) is 0 Å². The van der Waals surface area contributed by atoms with Crippen molar-refractivity contribution in [2.24, 2.45) is 13.0 Å². The van der Waals surface area contributed by atoms with Crippen LogP contribution in [-0.2, 0) is 7.05 Å². The standard InChI is InChI=1S/C13H22N4/c1-13(11-4-5-11)10-17(7-3-6-14-13)12-8-15-16(2)9-12/h8-9,11,14H,3-7,10H2,1-2H3. The molecular weight excluding hydrogens is 212 g/mol. The van der Waals surface area contributed by atoms with Crippen LogP contribution in [0.1, 0.15) is 26.2 Å². The molecule has 1 saturated carbocycles. The minimum absolute atomic E-state index is 0.298. The predicted octanol–water partition coefficient (Wildman–Crippen LogP) is 1.39. The maximum absolute atomic E-state index is 4.29. The van der Waals surface area contributed by atoms with Crippen LogP contribution < -0.4 is 10.2 Å². The van der Waals surface area contributed by atoms with Gasteiger partial charge in [0.2, 0.25) is 0 Å². The Kier molecular flexibility index (Phi) is 2.62. The van der Waals surface area contributed by atoms with Gasteiger partial charge in [0.25, 0.3) is 0 Å². The number of anilines is 1. The SMILES string of the molecule is Cn1cc(N2CCCNC(C)(C3CC3)C2)cn1. The summed E-state index contributed by atoms with van der Waals surface area (Å²) in [6, 6.07) is 0. The lowest BCUT2D eigenvalue weighted by atomic mass is 9.95. The third kappa shape index (κ3) is 2.18. The van der Waals surface area contributed by atoms with Gasteiger partial charge in [0, 0.05) is 31.9 Å². The highest BCUT2D eigenvalue weighted by Gasteiger charge is 2.43. The van der Waals surface area contributed by atoms with Gasteiger partial charge in [0.05, 0.1) is 11.9 Å². The molecular formula is C13H22N4. The van der Waals surface area contributed by atoms with Gasteiger partial charge in [-0.1, -0.05) is 0 Å². The molecule has 1 aliphatic heterocycles. The Morgan fingerprint density at radius 3 is 2.94 bits per heavy atom. The van der Waals surface area contributed by atoms with Gasteiger partial charge in [-0.3, -0.25) is 4.68 Å². The Morgan fingerprint density at radius 2 is 2.29 bits per heavy atom. The van der Waals surface area contributed by atoms with Gasteiger partial charge in [-0.15, -0.1) is 0 Å². The summed E-state index contributed by atoms with van der Waals surface area (Å²) in [4.78, 5) is 2.49. The zero-order chi connectivity index (χ0) is 11.9. The molecule has 17 heavy (non-hydrogen) atoms. The lowest BCUT2D eigenvalue weighted by Gasteiger charge is -2.34. The van der Waals surface area contributed by atoms with Crippen molar-refractivity contribution in [1.82, 2.24) is 15.1 Å². The average molecular weight is 234 g/mol. The van der Waals surface area contributed by atoms with E-state index in [1.807, 2.05) is 17.9 Å². The molecule has 2 fully saturated rings. The molecule has 2 heterocycles. The zero-order valence-electron chi connectivity index (χ0n) is 10.8. The Hall–Kier alpha value is -1.03. The Bertz CT molecular complexity index is 396. The second-order valence-corrected chi connectivity index (χ2v) is 5.77. The number of hydrogen-bond acceptors (Lipinski definition) is 3. The van der Waals surface area contributed by atoms with Crippen molar-refractivity contribution < 1.29 is 0 Å². The number of nitrogens with zero attached hydrogens (tertiary/aromatic N) is 3. The number of hydrogen-bond donors (Lipinski definition) is 1. The second-order valence-electron chi connectivity index (χ2n) is 5.77. The van der Waals surface area contributed by atoms with E-state index in [4.69, 9.17) is 0 Å². The fourth-order valence-corrected chi connectivity index (χ4v) is 2.96. The van der Waals surface area contributed by atoms with Gasteiger partial charge in [-0.25, -0.2) is 0 Å². The minimum atomic E-state index is 0.298. The van der Waals surface area contributed by atoms with Crippen LogP contribution in [0.2, 0.25) is 0 Å². The van der Waals surface area contributed by atoms with E-state index in [-0.39, 0.29) is 0 Å². The number of nitrogens with one attached hydrogen (secondary N) is 1. The van der Waals surface area contributed by atoms with Gasteiger partial charge in [-0.2, -0.15) is 5.10 Å². The molecule has 1 atom stereocenters. The summed E-state index contributed by atoms with van der Waals surface area (Å²) < 4.78 is 1.89. The molecule has 1 N–H and O–H groups in total. The van der Waals surface area contributed by atoms with Gasteiger partial charge >= 0.3 is 0 Å². The summed E-state index contributed by atoms with van der Waals surface area (Å²) in [5.41, 5.74) is 1.56. The molecule has 1 aromatic heterocycles. The quantitative estimate of drug-likeness (QED) is 0.839. The van der Waals surface area contributed by atoms with E-state index in [1.165, 1.54) is 24.9 Å². The second kappa shape index (κ2) is 4.02. The number of aromatic nitrogens is 2. The van der Waals surface area contributed by atoms with E-state index in [2.05, 4.69) is 28.4 Å². The van der Waals surface area contributed by atoms with Crippen LogP contribution in [0.15, 0.2) is 12.4 Å². The number of aryl methyl sites for hydroxylation is 1. The fourth-order valence-electron chi connectivity index (χ4n) is 2.96.